The number of nitrogens with zero attached hydrogens (tertiary/aromatic N) is 1. The highest BCUT2D eigenvalue weighted by molar-refractivity contribution is 7.07. The van der Waals surface area contributed by atoms with E-state index in [1.165, 1.54) is 16.4 Å². The lowest BCUT2D eigenvalue weighted by atomic mass is 10.1. The zero-order valence-electron chi connectivity index (χ0n) is 9.32. The number of hydrogen-bond donors (Lipinski definition) is 1. The second-order valence-corrected chi connectivity index (χ2v) is 4.23. The van der Waals surface area contributed by atoms with Crippen LogP contribution in [0.15, 0.2) is 12.1 Å². The van der Waals surface area contributed by atoms with Crippen LogP contribution < -0.4 is 15.2 Å². The molecule has 2 rings (SSSR count). The summed E-state index contributed by atoms with van der Waals surface area (Å²) in [5.41, 5.74) is 6.50. The molecule has 4 nitrogen and oxygen atoms in total. The molecular formula is C11H14N2O2S. The van der Waals surface area contributed by atoms with Gasteiger partial charge in [-0.2, -0.15) is 4.37 Å². The number of hydrogen-bond acceptors (Lipinski definition) is 5. The summed E-state index contributed by atoms with van der Waals surface area (Å²) in [7, 11) is 3.25. The normalized spacial score (nSPS) is 10.7. The molecule has 0 atom stereocenters. The second-order valence-electron chi connectivity index (χ2n) is 3.37. The van der Waals surface area contributed by atoms with Gasteiger partial charge in [0.05, 0.1) is 19.7 Å². The van der Waals surface area contributed by atoms with E-state index in [0.717, 1.165) is 23.1 Å². The predicted molar refractivity (Wildman–Crippen MR) is 65.5 cm³/mol. The summed E-state index contributed by atoms with van der Waals surface area (Å²) < 4.78 is 14.9. The van der Waals surface area contributed by atoms with Gasteiger partial charge in [0.1, 0.15) is 0 Å². The Morgan fingerprint density at radius 3 is 2.56 bits per heavy atom. The zero-order chi connectivity index (χ0) is 11.5. The lowest BCUT2D eigenvalue weighted by Crippen LogP contribution is -2.01. The van der Waals surface area contributed by atoms with E-state index in [1.54, 1.807) is 14.2 Å². The molecule has 0 aliphatic heterocycles. The van der Waals surface area contributed by atoms with E-state index in [4.69, 9.17) is 15.2 Å². The molecule has 0 aliphatic carbocycles. The summed E-state index contributed by atoms with van der Waals surface area (Å²) in [5, 5.41) is 1.10. The highest BCUT2D eigenvalue weighted by atomic mass is 32.1. The summed E-state index contributed by atoms with van der Waals surface area (Å²) >= 11 is 1.48. The van der Waals surface area contributed by atoms with Crippen molar-refractivity contribution in [3.63, 3.8) is 0 Å². The second kappa shape index (κ2) is 4.67. The SMILES string of the molecule is COc1cc2nsc(CCN)c2cc1OC. The third-order valence-corrected chi connectivity index (χ3v) is 3.36. The lowest BCUT2D eigenvalue weighted by molar-refractivity contribution is 0.356. The number of methoxy groups -OCH3 is 2. The fourth-order valence-electron chi connectivity index (χ4n) is 1.63. The molecule has 1 aromatic carbocycles. The van der Waals surface area contributed by atoms with E-state index in [9.17, 15) is 0 Å². The number of benzene rings is 1. The minimum atomic E-state index is 0.631. The van der Waals surface area contributed by atoms with Crippen molar-refractivity contribution in [1.82, 2.24) is 4.37 Å². The van der Waals surface area contributed by atoms with Gasteiger partial charge >= 0.3 is 0 Å². The summed E-state index contributed by atoms with van der Waals surface area (Å²) in [5.74, 6) is 1.44. The molecule has 2 aromatic rings. The van der Waals surface area contributed by atoms with Crippen molar-refractivity contribution in [2.45, 2.75) is 6.42 Å². The van der Waals surface area contributed by atoms with Gasteiger partial charge in [-0.15, -0.1) is 0 Å². The summed E-state index contributed by atoms with van der Waals surface area (Å²) in [6, 6.07) is 3.85. The Bertz CT molecular complexity index is 496. The molecule has 0 bridgehead atoms. The number of ether oxygens (including phenoxy) is 2. The molecule has 2 N–H and O–H groups in total. The number of nitrogens with two attached hydrogens (primary N) is 1. The Balaban J connectivity index is 2.57. The minimum Gasteiger partial charge on any atom is -0.493 e. The Morgan fingerprint density at radius 1 is 1.25 bits per heavy atom. The molecule has 0 aliphatic rings. The van der Waals surface area contributed by atoms with Crippen LogP contribution in [0.2, 0.25) is 0 Å². The van der Waals surface area contributed by atoms with Crippen LogP contribution in [-0.4, -0.2) is 25.1 Å². The first-order valence-corrected chi connectivity index (χ1v) is 5.77. The first-order chi connectivity index (χ1) is 7.80. The molecule has 0 saturated heterocycles. The van der Waals surface area contributed by atoms with E-state index < -0.39 is 0 Å². The van der Waals surface area contributed by atoms with Crippen molar-refractivity contribution in [3.8, 4) is 11.5 Å². The van der Waals surface area contributed by atoms with Crippen LogP contribution in [0.4, 0.5) is 0 Å². The van der Waals surface area contributed by atoms with Crippen molar-refractivity contribution in [1.29, 1.82) is 0 Å². The maximum Gasteiger partial charge on any atom is 0.162 e. The quantitative estimate of drug-likeness (QED) is 0.882. The van der Waals surface area contributed by atoms with Gasteiger partial charge < -0.3 is 15.2 Å². The molecule has 0 spiro atoms. The monoisotopic (exact) mass is 238 g/mol. The highest BCUT2D eigenvalue weighted by Crippen LogP contribution is 2.34. The fourth-order valence-corrected chi connectivity index (χ4v) is 2.46. The van der Waals surface area contributed by atoms with Crippen LogP contribution in [0.1, 0.15) is 4.88 Å². The molecule has 86 valence electrons. The minimum absolute atomic E-state index is 0.631. The van der Waals surface area contributed by atoms with Gasteiger partial charge in [0.15, 0.2) is 11.5 Å². The Labute approximate surface area is 98.1 Å². The number of aromatic nitrogens is 1. The van der Waals surface area contributed by atoms with Gasteiger partial charge in [-0.1, -0.05) is 0 Å². The number of rotatable bonds is 4. The average molecular weight is 238 g/mol. The van der Waals surface area contributed by atoms with E-state index in [2.05, 4.69) is 4.37 Å². The van der Waals surface area contributed by atoms with Gasteiger partial charge in [-0.3, -0.25) is 0 Å². The Morgan fingerprint density at radius 2 is 1.94 bits per heavy atom. The average Bonchev–Trinajstić information content (AvgIpc) is 2.70. The van der Waals surface area contributed by atoms with Crippen LogP contribution >= 0.6 is 11.5 Å². The van der Waals surface area contributed by atoms with E-state index in [-0.39, 0.29) is 0 Å². The third kappa shape index (κ3) is 1.83. The van der Waals surface area contributed by atoms with E-state index in [1.807, 2.05) is 12.1 Å². The molecular weight excluding hydrogens is 224 g/mol. The van der Waals surface area contributed by atoms with Gasteiger partial charge in [-0.25, -0.2) is 0 Å². The zero-order valence-corrected chi connectivity index (χ0v) is 10.1. The highest BCUT2D eigenvalue weighted by Gasteiger charge is 2.11. The molecule has 1 heterocycles. The summed E-state index contributed by atoms with van der Waals surface area (Å²) in [6.07, 6.45) is 0.844. The molecule has 5 heteroatoms. The van der Waals surface area contributed by atoms with Gasteiger partial charge in [-0.05, 0) is 30.6 Å². The summed E-state index contributed by atoms with van der Waals surface area (Å²) in [4.78, 5) is 1.19. The van der Waals surface area contributed by atoms with E-state index in [0.29, 0.717) is 12.3 Å². The van der Waals surface area contributed by atoms with Crippen molar-refractivity contribution in [2.24, 2.45) is 5.73 Å². The molecule has 0 fully saturated rings. The van der Waals surface area contributed by atoms with Crippen LogP contribution in [0.25, 0.3) is 10.9 Å². The lowest BCUT2D eigenvalue weighted by Gasteiger charge is -2.07. The van der Waals surface area contributed by atoms with Crippen molar-refractivity contribution in [3.05, 3.63) is 17.0 Å². The van der Waals surface area contributed by atoms with E-state index >= 15 is 0 Å². The maximum atomic E-state index is 5.56. The van der Waals surface area contributed by atoms with Crippen LogP contribution in [0.5, 0.6) is 11.5 Å². The smallest absolute Gasteiger partial charge is 0.162 e. The van der Waals surface area contributed by atoms with Crippen LogP contribution in [0, 0.1) is 0 Å². The molecule has 0 amide bonds. The van der Waals surface area contributed by atoms with Crippen molar-refractivity contribution in [2.75, 3.05) is 20.8 Å². The number of fused-ring (bicyclic) bond motifs is 1. The third-order valence-electron chi connectivity index (χ3n) is 2.43. The maximum absolute atomic E-state index is 5.56. The fraction of sp³-hybridized carbons (Fsp3) is 0.364. The van der Waals surface area contributed by atoms with Crippen LogP contribution in [-0.2, 0) is 6.42 Å². The Kier molecular flexibility index (Phi) is 3.26. The first-order valence-electron chi connectivity index (χ1n) is 5.00. The largest absolute Gasteiger partial charge is 0.493 e. The molecule has 0 radical (unpaired) electrons. The molecule has 0 unspecified atom stereocenters. The Hall–Kier alpha value is -1.33. The van der Waals surface area contributed by atoms with Gasteiger partial charge in [0, 0.05) is 16.3 Å². The molecule has 0 saturated carbocycles. The standard InChI is InChI=1S/C11H14N2O2S/c1-14-9-5-7-8(6-10(9)15-2)13-16-11(7)3-4-12/h5-6H,3-4,12H2,1-2H3. The topological polar surface area (TPSA) is 57.4 Å². The first kappa shape index (κ1) is 11.2. The van der Waals surface area contributed by atoms with Gasteiger partial charge in [0.25, 0.3) is 0 Å². The summed E-state index contributed by atoms with van der Waals surface area (Å²) in [6.45, 7) is 0.631. The molecule has 1 aromatic heterocycles. The van der Waals surface area contributed by atoms with Crippen molar-refractivity contribution < 1.29 is 9.47 Å². The molecule has 16 heavy (non-hydrogen) atoms. The van der Waals surface area contributed by atoms with Crippen molar-refractivity contribution >= 4 is 22.4 Å². The predicted octanol–water partition coefficient (Wildman–Crippen LogP) is 1.81. The van der Waals surface area contributed by atoms with Gasteiger partial charge in [0.2, 0.25) is 0 Å². The van der Waals surface area contributed by atoms with Crippen LogP contribution in [0.3, 0.4) is 0 Å².